The predicted octanol–water partition coefficient (Wildman–Crippen LogP) is 2.71. The van der Waals surface area contributed by atoms with Gasteiger partial charge in [0.25, 0.3) is 0 Å². The second-order valence-corrected chi connectivity index (χ2v) is 5.42. The Morgan fingerprint density at radius 3 is 2.36 bits per heavy atom. The number of methoxy groups -OCH3 is 3. The molecular formula is C18H21N3O3S. The number of nitrogens with zero attached hydrogens (tertiary/aromatic N) is 1. The molecule has 0 aliphatic heterocycles. The Kier molecular flexibility index (Phi) is 7.03. The van der Waals surface area contributed by atoms with Crippen molar-refractivity contribution in [3.05, 3.63) is 53.6 Å². The number of thiocarbonyl (C=S) groups is 1. The van der Waals surface area contributed by atoms with Crippen LogP contribution >= 0.6 is 12.2 Å². The molecular weight excluding hydrogens is 338 g/mol. The second kappa shape index (κ2) is 9.48. The number of rotatable bonds is 7. The SMILES string of the molecule is COc1ccc(CNC(=S)N/N=C\c2ccc(OC)c(OC)c2)cc1. The summed E-state index contributed by atoms with van der Waals surface area (Å²) in [6.45, 7) is 0.599. The second-order valence-electron chi connectivity index (χ2n) is 5.02. The van der Waals surface area contributed by atoms with Gasteiger partial charge in [0.1, 0.15) is 5.75 Å². The van der Waals surface area contributed by atoms with E-state index in [1.807, 2.05) is 42.5 Å². The van der Waals surface area contributed by atoms with Crippen LogP contribution in [0.15, 0.2) is 47.6 Å². The Balaban J connectivity index is 1.83. The van der Waals surface area contributed by atoms with Crippen LogP contribution in [0.5, 0.6) is 17.2 Å². The molecule has 0 spiro atoms. The van der Waals surface area contributed by atoms with E-state index in [4.69, 9.17) is 26.4 Å². The minimum Gasteiger partial charge on any atom is -0.497 e. The fourth-order valence-corrected chi connectivity index (χ4v) is 2.19. The molecule has 6 nitrogen and oxygen atoms in total. The molecule has 0 radical (unpaired) electrons. The highest BCUT2D eigenvalue weighted by molar-refractivity contribution is 7.80. The highest BCUT2D eigenvalue weighted by atomic mass is 32.1. The quantitative estimate of drug-likeness (QED) is 0.450. The molecule has 25 heavy (non-hydrogen) atoms. The van der Waals surface area contributed by atoms with Crippen molar-refractivity contribution in [3.63, 3.8) is 0 Å². The van der Waals surface area contributed by atoms with Gasteiger partial charge in [-0.3, -0.25) is 5.43 Å². The van der Waals surface area contributed by atoms with Crippen molar-refractivity contribution in [3.8, 4) is 17.2 Å². The van der Waals surface area contributed by atoms with Gasteiger partial charge in [-0.2, -0.15) is 5.10 Å². The van der Waals surface area contributed by atoms with Gasteiger partial charge in [-0.05, 0) is 53.7 Å². The third-order valence-electron chi connectivity index (χ3n) is 3.40. The Morgan fingerprint density at radius 2 is 1.72 bits per heavy atom. The van der Waals surface area contributed by atoms with E-state index < -0.39 is 0 Å². The number of hydrazone groups is 1. The first-order valence-corrected chi connectivity index (χ1v) is 7.99. The molecule has 0 unspecified atom stereocenters. The summed E-state index contributed by atoms with van der Waals surface area (Å²) < 4.78 is 15.6. The molecule has 2 aromatic rings. The molecule has 0 fully saturated rings. The first-order chi connectivity index (χ1) is 12.2. The van der Waals surface area contributed by atoms with E-state index >= 15 is 0 Å². The fraction of sp³-hybridized carbons (Fsp3) is 0.222. The molecule has 0 amide bonds. The van der Waals surface area contributed by atoms with Gasteiger partial charge in [-0.15, -0.1) is 0 Å². The zero-order chi connectivity index (χ0) is 18.1. The predicted molar refractivity (Wildman–Crippen MR) is 103 cm³/mol. The van der Waals surface area contributed by atoms with Crippen LogP contribution in [0.2, 0.25) is 0 Å². The largest absolute Gasteiger partial charge is 0.497 e. The number of hydrogen-bond donors (Lipinski definition) is 2. The van der Waals surface area contributed by atoms with Crippen LogP contribution in [0.1, 0.15) is 11.1 Å². The standard InChI is InChI=1S/C18H21N3O3S/c1-22-15-7-4-13(5-8-15)11-19-18(25)21-20-12-14-6-9-16(23-2)17(10-14)24-3/h4-10,12H,11H2,1-3H3,(H2,19,21,25)/b20-12-. The molecule has 0 aliphatic rings. The van der Waals surface area contributed by atoms with E-state index in [2.05, 4.69) is 15.8 Å². The Morgan fingerprint density at radius 1 is 1.00 bits per heavy atom. The van der Waals surface area contributed by atoms with Gasteiger partial charge in [0.05, 0.1) is 27.5 Å². The van der Waals surface area contributed by atoms with Gasteiger partial charge in [0, 0.05) is 6.54 Å². The lowest BCUT2D eigenvalue weighted by Gasteiger charge is -2.08. The monoisotopic (exact) mass is 359 g/mol. The van der Waals surface area contributed by atoms with Crippen molar-refractivity contribution in [2.45, 2.75) is 6.54 Å². The van der Waals surface area contributed by atoms with E-state index in [-0.39, 0.29) is 0 Å². The Hall–Kier alpha value is -2.80. The van der Waals surface area contributed by atoms with E-state index in [9.17, 15) is 0 Å². The third-order valence-corrected chi connectivity index (χ3v) is 3.64. The summed E-state index contributed by atoms with van der Waals surface area (Å²) in [4.78, 5) is 0. The van der Waals surface area contributed by atoms with Gasteiger partial charge < -0.3 is 19.5 Å². The minimum absolute atomic E-state index is 0.438. The smallest absolute Gasteiger partial charge is 0.187 e. The Bertz CT molecular complexity index is 733. The maximum Gasteiger partial charge on any atom is 0.187 e. The van der Waals surface area contributed by atoms with Crippen LogP contribution in [0.4, 0.5) is 0 Å². The van der Waals surface area contributed by atoms with Crippen LogP contribution in [0, 0.1) is 0 Å². The van der Waals surface area contributed by atoms with Gasteiger partial charge in [0.15, 0.2) is 16.6 Å². The molecule has 0 aromatic heterocycles. The van der Waals surface area contributed by atoms with Gasteiger partial charge in [-0.1, -0.05) is 12.1 Å². The summed E-state index contributed by atoms with van der Waals surface area (Å²) in [5.41, 5.74) is 4.74. The molecule has 0 bridgehead atoms. The summed E-state index contributed by atoms with van der Waals surface area (Å²) in [5.74, 6) is 2.14. The summed E-state index contributed by atoms with van der Waals surface area (Å²) in [5, 5.41) is 7.64. The number of benzene rings is 2. The van der Waals surface area contributed by atoms with Crippen LogP contribution in [0.3, 0.4) is 0 Å². The average molecular weight is 359 g/mol. The minimum atomic E-state index is 0.438. The lowest BCUT2D eigenvalue weighted by atomic mass is 10.2. The van der Waals surface area contributed by atoms with Gasteiger partial charge in [-0.25, -0.2) is 0 Å². The summed E-state index contributed by atoms with van der Waals surface area (Å²) in [7, 11) is 4.83. The maximum absolute atomic E-state index is 5.25. The molecule has 2 aromatic carbocycles. The molecule has 2 rings (SSSR count). The van der Waals surface area contributed by atoms with E-state index in [1.165, 1.54) is 0 Å². The van der Waals surface area contributed by atoms with Gasteiger partial charge in [0.2, 0.25) is 0 Å². The maximum atomic E-state index is 5.25. The van der Waals surface area contributed by atoms with Crippen LogP contribution in [-0.4, -0.2) is 32.7 Å². The first-order valence-electron chi connectivity index (χ1n) is 7.58. The lowest BCUT2D eigenvalue weighted by Crippen LogP contribution is -2.31. The van der Waals surface area contributed by atoms with E-state index in [0.29, 0.717) is 23.2 Å². The summed E-state index contributed by atoms with van der Waals surface area (Å²) >= 11 is 5.20. The number of ether oxygens (including phenoxy) is 3. The molecule has 0 atom stereocenters. The number of nitrogens with one attached hydrogen (secondary N) is 2. The van der Waals surface area contributed by atoms with Crippen LogP contribution < -0.4 is 25.0 Å². The summed E-state index contributed by atoms with van der Waals surface area (Å²) in [6, 6.07) is 13.3. The molecule has 0 heterocycles. The number of hydrogen-bond acceptors (Lipinski definition) is 5. The molecule has 2 N–H and O–H groups in total. The van der Waals surface area contributed by atoms with Crippen LogP contribution in [-0.2, 0) is 6.54 Å². The first kappa shape index (κ1) is 18.5. The highest BCUT2D eigenvalue weighted by Gasteiger charge is 2.03. The van der Waals surface area contributed by atoms with Crippen molar-refractivity contribution in [1.82, 2.24) is 10.7 Å². The highest BCUT2D eigenvalue weighted by Crippen LogP contribution is 2.26. The molecule has 132 valence electrons. The normalized spacial score (nSPS) is 10.4. The van der Waals surface area contributed by atoms with E-state index in [1.54, 1.807) is 27.5 Å². The lowest BCUT2D eigenvalue weighted by molar-refractivity contribution is 0.355. The van der Waals surface area contributed by atoms with Crippen molar-refractivity contribution in [2.75, 3.05) is 21.3 Å². The zero-order valence-corrected chi connectivity index (χ0v) is 15.2. The molecule has 0 saturated carbocycles. The zero-order valence-electron chi connectivity index (χ0n) is 14.4. The van der Waals surface area contributed by atoms with Crippen molar-refractivity contribution in [2.24, 2.45) is 5.10 Å². The third kappa shape index (κ3) is 5.65. The summed E-state index contributed by atoms with van der Waals surface area (Å²) in [6.07, 6.45) is 1.66. The van der Waals surface area contributed by atoms with Crippen molar-refractivity contribution in [1.29, 1.82) is 0 Å². The van der Waals surface area contributed by atoms with Crippen molar-refractivity contribution < 1.29 is 14.2 Å². The van der Waals surface area contributed by atoms with Crippen molar-refractivity contribution >= 4 is 23.5 Å². The van der Waals surface area contributed by atoms with Crippen LogP contribution in [0.25, 0.3) is 0 Å². The molecule has 0 aliphatic carbocycles. The fourth-order valence-electron chi connectivity index (χ4n) is 2.06. The molecule has 7 heteroatoms. The van der Waals surface area contributed by atoms with Gasteiger partial charge >= 0.3 is 0 Å². The average Bonchev–Trinajstić information content (AvgIpc) is 2.66. The Labute approximate surface area is 152 Å². The molecule has 0 saturated heterocycles. The topological polar surface area (TPSA) is 64.1 Å². The van der Waals surface area contributed by atoms with E-state index in [0.717, 1.165) is 16.9 Å².